The maximum atomic E-state index is 13.7. The van der Waals surface area contributed by atoms with E-state index in [2.05, 4.69) is 37.5 Å². The fraction of sp³-hybridized carbons (Fsp3) is 0.462. The number of ketones is 2. The molecule has 0 bridgehead atoms. The average Bonchev–Trinajstić information content (AvgIpc) is 3.81. The second-order valence-electron chi connectivity index (χ2n) is 14.0. The van der Waals surface area contributed by atoms with Crippen molar-refractivity contribution in [1.82, 2.24) is 9.88 Å². The molecule has 1 aromatic heterocycles. The number of amides is 1. The van der Waals surface area contributed by atoms with Crippen LogP contribution >= 0.6 is 0 Å². The third kappa shape index (κ3) is 8.80. The summed E-state index contributed by atoms with van der Waals surface area (Å²) >= 11 is 0. The lowest BCUT2D eigenvalue weighted by Crippen LogP contribution is -2.31. The summed E-state index contributed by atoms with van der Waals surface area (Å²) in [4.78, 5) is 51.4. The van der Waals surface area contributed by atoms with Crippen LogP contribution < -0.4 is 11.1 Å². The number of aliphatic imine (C=N–C) groups is 1. The van der Waals surface area contributed by atoms with E-state index in [4.69, 9.17) is 5.73 Å². The van der Waals surface area contributed by atoms with E-state index in [1.165, 1.54) is 0 Å². The molecule has 0 spiro atoms. The van der Waals surface area contributed by atoms with E-state index in [1.54, 1.807) is 0 Å². The predicted octanol–water partition coefficient (Wildman–Crippen LogP) is 6.27. The second kappa shape index (κ2) is 15.9. The molecule has 3 aromatic rings. The smallest absolute Gasteiger partial charge is 0.228 e. The number of rotatable bonds is 13. The molecule has 3 heterocycles. The molecule has 1 aliphatic carbocycles. The van der Waals surface area contributed by atoms with Crippen molar-refractivity contribution in [1.29, 1.82) is 0 Å². The number of aryl methyl sites for hydroxylation is 1. The predicted molar refractivity (Wildman–Crippen MR) is 192 cm³/mol. The van der Waals surface area contributed by atoms with Crippen LogP contribution in [0.3, 0.4) is 0 Å². The maximum Gasteiger partial charge on any atom is 0.228 e. The molecular weight excluding hydrogens is 614 g/mol. The molecule has 10 nitrogen and oxygen atoms in total. The van der Waals surface area contributed by atoms with Gasteiger partial charge >= 0.3 is 0 Å². The molecule has 256 valence electrons. The SMILES string of the molecule is Cc1nc(C(=O)C[C@@H]2CCN(C)C2)ccc1-c1ccc(C[C@H](CC(=O)C2CCC(CN)CC2)C(=O)Nc2ccc(C3=NCN=N3)cc2)cc1. The van der Waals surface area contributed by atoms with Gasteiger partial charge in [0.25, 0.3) is 0 Å². The van der Waals surface area contributed by atoms with Crippen LogP contribution in [0.1, 0.15) is 72.3 Å². The molecule has 2 atom stereocenters. The van der Waals surface area contributed by atoms with E-state index < -0.39 is 5.92 Å². The first-order valence-electron chi connectivity index (χ1n) is 17.6. The summed E-state index contributed by atoms with van der Waals surface area (Å²) in [5, 5.41) is 11.0. The van der Waals surface area contributed by atoms with E-state index in [9.17, 15) is 14.4 Å². The lowest BCUT2D eigenvalue weighted by molar-refractivity contribution is -0.129. The lowest BCUT2D eigenvalue weighted by atomic mass is 9.77. The number of nitrogens with two attached hydrogens (primary N) is 1. The van der Waals surface area contributed by atoms with Gasteiger partial charge in [0.1, 0.15) is 11.5 Å². The van der Waals surface area contributed by atoms with Gasteiger partial charge in [-0.15, -0.1) is 5.11 Å². The number of nitrogens with one attached hydrogen (secondary N) is 1. The monoisotopic (exact) mass is 661 g/mol. The van der Waals surface area contributed by atoms with Gasteiger partial charge < -0.3 is 16.0 Å². The molecule has 1 saturated carbocycles. The highest BCUT2D eigenvalue weighted by Gasteiger charge is 2.30. The topological polar surface area (TPSA) is 142 Å². The Balaban J connectivity index is 1.13. The van der Waals surface area contributed by atoms with Gasteiger partial charge in [-0.1, -0.05) is 30.3 Å². The number of Topliss-reactive ketones (excluding diaryl/α,β-unsaturated/α-hetero) is 2. The Kier molecular flexibility index (Phi) is 11.2. The van der Waals surface area contributed by atoms with Gasteiger partial charge in [0.05, 0.1) is 0 Å². The summed E-state index contributed by atoms with van der Waals surface area (Å²) in [6.45, 7) is 4.93. The number of carbonyl (C=O) groups excluding carboxylic acids is 3. The summed E-state index contributed by atoms with van der Waals surface area (Å²) in [6.07, 6.45) is 5.81. The van der Waals surface area contributed by atoms with Gasteiger partial charge in [-0.2, -0.15) is 5.11 Å². The van der Waals surface area contributed by atoms with Crippen LogP contribution in [0.5, 0.6) is 0 Å². The molecule has 3 aliphatic rings. The Morgan fingerprint density at radius 1 is 0.918 bits per heavy atom. The average molecular weight is 662 g/mol. The van der Waals surface area contributed by atoms with E-state index in [0.717, 1.165) is 73.1 Å². The van der Waals surface area contributed by atoms with Gasteiger partial charge in [-0.05, 0) is 119 Å². The number of likely N-dealkylation sites (tertiary alicyclic amines) is 1. The number of aromatic nitrogens is 1. The summed E-state index contributed by atoms with van der Waals surface area (Å²) in [5.74, 6) is 0.990. The number of benzene rings is 2. The fourth-order valence-electron chi connectivity index (χ4n) is 7.40. The van der Waals surface area contributed by atoms with Gasteiger partial charge in [0.2, 0.25) is 5.91 Å². The highest BCUT2D eigenvalue weighted by atomic mass is 16.2. The molecule has 3 N–H and O–H groups in total. The zero-order chi connectivity index (χ0) is 34.3. The normalized spacial score (nSPS) is 21.4. The number of carbonyl (C=O) groups is 3. The minimum absolute atomic E-state index is 0.0223. The van der Waals surface area contributed by atoms with Crippen molar-refractivity contribution in [3.05, 3.63) is 83.2 Å². The first kappa shape index (κ1) is 34.5. The van der Waals surface area contributed by atoms with E-state index in [0.29, 0.717) is 55.1 Å². The Hall–Kier alpha value is -4.41. The third-order valence-corrected chi connectivity index (χ3v) is 10.4. The number of hydrogen-bond donors (Lipinski definition) is 2. The van der Waals surface area contributed by atoms with Gasteiger partial charge in [-0.25, -0.2) is 9.98 Å². The first-order valence-corrected chi connectivity index (χ1v) is 17.6. The van der Waals surface area contributed by atoms with Crippen molar-refractivity contribution in [3.63, 3.8) is 0 Å². The largest absolute Gasteiger partial charge is 0.330 e. The molecular formula is C39H47N7O3. The van der Waals surface area contributed by atoms with Crippen molar-refractivity contribution >= 4 is 29.0 Å². The summed E-state index contributed by atoms with van der Waals surface area (Å²) in [6, 6.07) is 19.3. The van der Waals surface area contributed by atoms with Crippen molar-refractivity contribution in [2.45, 2.75) is 58.3 Å². The van der Waals surface area contributed by atoms with Crippen LogP contribution in [0, 0.1) is 30.6 Å². The number of anilines is 1. The lowest BCUT2D eigenvalue weighted by Gasteiger charge is -2.27. The van der Waals surface area contributed by atoms with Gasteiger partial charge in [0, 0.05) is 53.7 Å². The van der Waals surface area contributed by atoms with E-state index in [-0.39, 0.29) is 29.8 Å². The number of hydrogen-bond acceptors (Lipinski definition) is 9. The molecule has 2 aliphatic heterocycles. The van der Waals surface area contributed by atoms with Crippen molar-refractivity contribution in [3.8, 4) is 11.1 Å². The Labute approximate surface area is 288 Å². The maximum absolute atomic E-state index is 13.7. The molecule has 2 fully saturated rings. The van der Waals surface area contributed by atoms with E-state index >= 15 is 0 Å². The number of pyridine rings is 1. The van der Waals surface area contributed by atoms with Crippen LogP contribution in [-0.2, 0) is 16.0 Å². The highest BCUT2D eigenvalue weighted by Crippen LogP contribution is 2.32. The van der Waals surface area contributed by atoms with Crippen molar-refractivity contribution < 1.29 is 14.4 Å². The Morgan fingerprint density at radius 2 is 1.65 bits per heavy atom. The quantitative estimate of drug-likeness (QED) is 0.207. The number of nitrogens with zero attached hydrogens (tertiary/aromatic N) is 5. The van der Waals surface area contributed by atoms with Crippen LogP contribution in [0.25, 0.3) is 11.1 Å². The fourth-order valence-corrected chi connectivity index (χ4v) is 7.40. The Bertz CT molecular complexity index is 1710. The standard InChI is InChI=1S/C39H47N7O3/c1-25-34(15-16-35(43-25)37(48)20-28-17-18-46(2)23-28)29-7-3-26(4-8-29)19-32(21-36(47)30-9-5-27(22-40)6-10-30)39(49)44-33-13-11-31(12-14-33)38-41-24-42-45-38/h3-4,7-8,11-16,27-28,30,32H,5-6,9-10,17-24,40H2,1-2H3,(H,44,49)/t27?,28-,30?,32+/m0/s1. The van der Waals surface area contributed by atoms with Crippen LogP contribution in [0.2, 0.25) is 0 Å². The van der Waals surface area contributed by atoms with Crippen molar-refractivity contribution in [2.75, 3.05) is 38.7 Å². The molecule has 0 radical (unpaired) electrons. The molecule has 0 unspecified atom stereocenters. The molecule has 10 heteroatoms. The molecule has 2 aromatic carbocycles. The number of azo groups is 1. The van der Waals surface area contributed by atoms with Gasteiger partial charge in [0.15, 0.2) is 18.3 Å². The summed E-state index contributed by atoms with van der Waals surface area (Å²) < 4.78 is 0. The zero-order valence-corrected chi connectivity index (χ0v) is 28.6. The minimum atomic E-state index is -0.522. The van der Waals surface area contributed by atoms with Gasteiger partial charge in [-0.3, -0.25) is 14.4 Å². The van der Waals surface area contributed by atoms with Crippen molar-refractivity contribution in [2.24, 2.45) is 44.6 Å². The Morgan fingerprint density at radius 3 is 2.29 bits per heavy atom. The summed E-state index contributed by atoms with van der Waals surface area (Å²) in [7, 11) is 2.10. The molecule has 1 amide bonds. The van der Waals surface area contributed by atoms with Crippen LogP contribution in [-0.4, -0.2) is 66.5 Å². The zero-order valence-electron chi connectivity index (χ0n) is 28.6. The highest BCUT2D eigenvalue weighted by molar-refractivity contribution is 6.01. The van der Waals surface area contributed by atoms with E-state index in [1.807, 2.05) is 67.6 Å². The molecule has 6 rings (SSSR count). The first-order chi connectivity index (χ1) is 23.7. The second-order valence-corrected chi connectivity index (χ2v) is 14.0. The number of amidine groups is 1. The van der Waals surface area contributed by atoms with Crippen LogP contribution in [0.15, 0.2) is 75.9 Å². The third-order valence-electron chi connectivity index (χ3n) is 10.4. The molecule has 1 saturated heterocycles. The molecule has 49 heavy (non-hydrogen) atoms. The van der Waals surface area contributed by atoms with Crippen LogP contribution in [0.4, 0.5) is 5.69 Å². The minimum Gasteiger partial charge on any atom is -0.330 e. The summed E-state index contributed by atoms with van der Waals surface area (Å²) in [5.41, 5.74) is 11.6.